The molecule has 0 heterocycles. The molecule has 0 aromatic rings. The molecule has 1 aliphatic rings. The molecule has 0 aromatic carbocycles. The summed E-state index contributed by atoms with van der Waals surface area (Å²) in [5, 5.41) is 0. The second-order valence-electron chi connectivity index (χ2n) is 3.49. The smallest absolute Gasteiger partial charge is 0.320 e. The molecule has 1 rings (SSSR count). The Morgan fingerprint density at radius 1 is 1.27 bits per heavy atom. The van der Waals surface area contributed by atoms with Crippen LogP contribution in [-0.4, -0.2) is 12.7 Å². The first-order chi connectivity index (χ1) is 5.09. The Balaban J connectivity index is 2.09. The number of hydrogen-bond acceptors (Lipinski definition) is 1. The summed E-state index contributed by atoms with van der Waals surface area (Å²) >= 11 is 0. The largest absolute Gasteiger partial charge is 0.345 e. The van der Waals surface area contributed by atoms with Crippen LogP contribution >= 0.6 is 0 Å². The first kappa shape index (κ1) is 8.91. The fraction of sp³-hybridized carbons (Fsp3) is 1.00. The second kappa shape index (κ2) is 3.48. The third-order valence-corrected chi connectivity index (χ3v) is 2.37. The van der Waals surface area contributed by atoms with E-state index in [0.29, 0.717) is 11.8 Å². The van der Waals surface area contributed by atoms with Crippen LogP contribution in [0.2, 0.25) is 0 Å². The highest BCUT2D eigenvalue weighted by Gasteiger charge is 2.33. The fourth-order valence-corrected chi connectivity index (χ4v) is 1.41. The van der Waals surface area contributed by atoms with Crippen LogP contribution in [0.25, 0.3) is 0 Å². The van der Waals surface area contributed by atoms with Crippen molar-refractivity contribution >= 4 is 0 Å². The first-order valence-electron chi connectivity index (χ1n) is 4.03. The van der Waals surface area contributed by atoms with E-state index in [0.717, 1.165) is 12.8 Å². The van der Waals surface area contributed by atoms with E-state index in [1.54, 1.807) is 0 Å². The molecule has 1 saturated carbocycles. The number of ether oxygens (including phenoxy) is 1. The van der Waals surface area contributed by atoms with Gasteiger partial charge >= 0.3 is 6.61 Å². The van der Waals surface area contributed by atoms with Gasteiger partial charge in [-0.25, -0.2) is 0 Å². The third-order valence-electron chi connectivity index (χ3n) is 2.37. The van der Waals surface area contributed by atoms with Crippen molar-refractivity contribution < 1.29 is 13.5 Å². The molecule has 0 radical (unpaired) electrons. The molecule has 0 amide bonds. The van der Waals surface area contributed by atoms with Crippen LogP contribution in [0.5, 0.6) is 0 Å². The average Bonchev–Trinajstić information content (AvgIpc) is 1.75. The summed E-state index contributed by atoms with van der Waals surface area (Å²) in [5.74, 6) is 1.20. The van der Waals surface area contributed by atoms with Crippen LogP contribution in [0.1, 0.15) is 26.7 Å². The van der Waals surface area contributed by atoms with Crippen molar-refractivity contribution in [3.63, 3.8) is 0 Å². The number of hydrogen-bond donors (Lipinski definition) is 0. The summed E-state index contributed by atoms with van der Waals surface area (Å²) in [6.07, 6.45) is 1.44. The van der Waals surface area contributed by atoms with Crippen LogP contribution in [-0.2, 0) is 4.74 Å². The molecule has 1 aliphatic carbocycles. The monoisotopic (exact) mass is 164 g/mol. The molecule has 0 spiro atoms. The van der Waals surface area contributed by atoms with E-state index in [1.807, 2.05) is 0 Å². The Morgan fingerprint density at radius 2 is 1.82 bits per heavy atom. The predicted octanol–water partition coefficient (Wildman–Crippen LogP) is 2.66. The number of rotatable bonds is 3. The third kappa shape index (κ3) is 2.40. The van der Waals surface area contributed by atoms with Crippen molar-refractivity contribution in [2.45, 2.75) is 39.4 Å². The molecule has 1 fully saturated rings. The van der Waals surface area contributed by atoms with Crippen molar-refractivity contribution in [3.05, 3.63) is 0 Å². The summed E-state index contributed by atoms with van der Waals surface area (Å²) in [7, 11) is 0. The molecule has 0 bridgehead atoms. The van der Waals surface area contributed by atoms with Crippen molar-refractivity contribution in [1.82, 2.24) is 0 Å². The van der Waals surface area contributed by atoms with Gasteiger partial charge in [0.25, 0.3) is 0 Å². The van der Waals surface area contributed by atoms with E-state index in [9.17, 15) is 8.78 Å². The van der Waals surface area contributed by atoms with Gasteiger partial charge in [-0.3, -0.25) is 0 Å². The van der Waals surface area contributed by atoms with Crippen molar-refractivity contribution in [2.75, 3.05) is 0 Å². The zero-order valence-corrected chi connectivity index (χ0v) is 6.89. The zero-order valence-electron chi connectivity index (χ0n) is 6.89. The molecule has 1 nitrogen and oxygen atoms in total. The van der Waals surface area contributed by atoms with Gasteiger partial charge < -0.3 is 4.74 Å². The fourth-order valence-electron chi connectivity index (χ4n) is 1.41. The highest BCUT2D eigenvalue weighted by atomic mass is 19.3. The van der Waals surface area contributed by atoms with E-state index in [4.69, 9.17) is 0 Å². The summed E-state index contributed by atoms with van der Waals surface area (Å²) < 4.78 is 27.6. The highest BCUT2D eigenvalue weighted by Crippen LogP contribution is 2.36. The minimum atomic E-state index is -2.59. The lowest BCUT2D eigenvalue weighted by molar-refractivity contribution is -0.194. The highest BCUT2D eigenvalue weighted by molar-refractivity contribution is 4.81. The SMILES string of the molecule is CC(C)C1CC(OC(F)F)C1. The summed E-state index contributed by atoms with van der Waals surface area (Å²) in [4.78, 5) is 0. The zero-order chi connectivity index (χ0) is 8.43. The lowest BCUT2D eigenvalue weighted by atomic mass is 9.75. The van der Waals surface area contributed by atoms with Crippen molar-refractivity contribution in [2.24, 2.45) is 11.8 Å². The van der Waals surface area contributed by atoms with Gasteiger partial charge in [0.1, 0.15) is 0 Å². The quantitative estimate of drug-likeness (QED) is 0.623. The summed E-state index contributed by atoms with van der Waals surface area (Å²) in [5.41, 5.74) is 0. The Hall–Kier alpha value is -0.180. The van der Waals surface area contributed by atoms with E-state index in [-0.39, 0.29) is 6.10 Å². The molecule has 11 heavy (non-hydrogen) atoms. The van der Waals surface area contributed by atoms with Gasteiger partial charge in [-0.2, -0.15) is 8.78 Å². The molecular weight excluding hydrogens is 150 g/mol. The average molecular weight is 164 g/mol. The van der Waals surface area contributed by atoms with Gasteiger partial charge in [-0.15, -0.1) is 0 Å². The molecule has 0 aromatic heterocycles. The topological polar surface area (TPSA) is 9.23 Å². The van der Waals surface area contributed by atoms with E-state index < -0.39 is 6.61 Å². The minimum absolute atomic E-state index is 0.178. The maximum absolute atomic E-state index is 11.6. The summed E-state index contributed by atoms with van der Waals surface area (Å²) in [6, 6.07) is 0. The molecule has 66 valence electrons. The molecule has 0 saturated heterocycles. The molecular formula is C8H14F2O. The maximum atomic E-state index is 11.6. The van der Waals surface area contributed by atoms with Gasteiger partial charge in [0.05, 0.1) is 6.10 Å². The van der Waals surface area contributed by atoms with Crippen LogP contribution in [0.15, 0.2) is 0 Å². The predicted molar refractivity (Wildman–Crippen MR) is 38.4 cm³/mol. The van der Waals surface area contributed by atoms with E-state index in [2.05, 4.69) is 18.6 Å². The van der Waals surface area contributed by atoms with E-state index >= 15 is 0 Å². The van der Waals surface area contributed by atoms with Crippen LogP contribution < -0.4 is 0 Å². The minimum Gasteiger partial charge on any atom is -0.320 e. The summed E-state index contributed by atoms with van der Waals surface area (Å²) in [6.45, 7) is 1.64. The number of alkyl halides is 2. The molecule has 0 N–H and O–H groups in total. The van der Waals surface area contributed by atoms with Crippen LogP contribution in [0, 0.1) is 11.8 Å². The van der Waals surface area contributed by atoms with Gasteiger partial charge in [-0.1, -0.05) is 13.8 Å². The maximum Gasteiger partial charge on any atom is 0.345 e. The lowest BCUT2D eigenvalue weighted by Gasteiger charge is -2.37. The Kier molecular flexibility index (Phi) is 2.82. The standard InChI is InChI=1S/C8H14F2O/c1-5(2)6-3-7(4-6)11-8(9)10/h5-8H,3-4H2,1-2H3. The molecule has 0 unspecified atom stereocenters. The second-order valence-corrected chi connectivity index (χ2v) is 3.49. The normalized spacial score (nSPS) is 31.1. The van der Waals surface area contributed by atoms with Gasteiger partial charge in [0.2, 0.25) is 0 Å². The van der Waals surface area contributed by atoms with Crippen molar-refractivity contribution in [1.29, 1.82) is 0 Å². The van der Waals surface area contributed by atoms with Crippen LogP contribution in [0.4, 0.5) is 8.78 Å². The first-order valence-corrected chi connectivity index (χ1v) is 4.03. The lowest BCUT2D eigenvalue weighted by Crippen LogP contribution is -2.35. The molecule has 0 atom stereocenters. The Morgan fingerprint density at radius 3 is 2.18 bits per heavy atom. The van der Waals surface area contributed by atoms with Crippen molar-refractivity contribution in [3.8, 4) is 0 Å². The van der Waals surface area contributed by atoms with Gasteiger partial charge in [0, 0.05) is 0 Å². The van der Waals surface area contributed by atoms with Crippen LogP contribution in [0.3, 0.4) is 0 Å². The van der Waals surface area contributed by atoms with Gasteiger partial charge in [-0.05, 0) is 24.7 Å². The van der Waals surface area contributed by atoms with Gasteiger partial charge in [0.15, 0.2) is 0 Å². The van der Waals surface area contributed by atoms with E-state index in [1.165, 1.54) is 0 Å². The Labute approximate surface area is 65.7 Å². The Bertz CT molecular complexity index is 119. The molecule has 3 heteroatoms. The molecule has 0 aliphatic heterocycles. The number of halogens is 2.